The molecule has 3 atom stereocenters. The van der Waals surface area contributed by atoms with Crippen LogP contribution in [0, 0.1) is 5.92 Å². The number of ether oxygens (including phenoxy) is 2. The van der Waals surface area contributed by atoms with Crippen molar-refractivity contribution in [3.63, 3.8) is 0 Å². The molecule has 3 rings (SSSR count). The molecule has 3 N–H and O–H groups in total. The number of aliphatic hydroxyl groups is 1. The smallest absolute Gasteiger partial charge is 0.306 e. The molecule has 8 heteroatoms. The molecule has 0 fully saturated rings. The van der Waals surface area contributed by atoms with Gasteiger partial charge in [0.15, 0.2) is 0 Å². The fraction of sp³-hybridized carbons (Fsp3) is 0.324. The molecule has 3 aromatic rings. The van der Waals surface area contributed by atoms with Crippen LogP contribution in [-0.2, 0) is 38.6 Å². The van der Waals surface area contributed by atoms with Gasteiger partial charge in [-0.05, 0) is 54.5 Å². The van der Waals surface area contributed by atoms with E-state index in [4.69, 9.17) is 9.47 Å². The standard InChI is InChI=1S/C37H44N2O6/c1-3-5-17-36(42)45-27-33(23-28-13-8-6-9-14-28)39-37(43)31(12-4-2)24-35(41)38-32(25-40)22-29-18-20-34(21-19-29)44-26-30-15-10-7-11-16-30/h3-4,6-11,13-16,18-21,31-33,40H,1-2,5,12,17,22-27H2,(H,38,41)(H,39,43)/t31-,32+,33+/m1/s1. The molecule has 0 spiro atoms. The van der Waals surface area contributed by atoms with E-state index in [-0.39, 0.29) is 50.3 Å². The van der Waals surface area contributed by atoms with Crippen LogP contribution in [0.1, 0.15) is 42.4 Å². The van der Waals surface area contributed by atoms with Crippen molar-refractivity contribution < 1.29 is 29.0 Å². The lowest BCUT2D eigenvalue weighted by molar-refractivity contribution is -0.145. The van der Waals surface area contributed by atoms with Crippen molar-refractivity contribution in [3.05, 3.63) is 127 Å². The first kappa shape index (κ1) is 34.8. The van der Waals surface area contributed by atoms with Crippen LogP contribution in [0.3, 0.4) is 0 Å². The Kier molecular flexibility index (Phi) is 15.1. The first-order valence-electron chi connectivity index (χ1n) is 15.3. The van der Waals surface area contributed by atoms with Crippen molar-refractivity contribution in [1.29, 1.82) is 0 Å². The molecule has 2 amide bonds. The van der Waals surface area contributed by atoms with E-state index in [0.717, 1.165) is 22.4 Å². The summed E-state index contributed by atoms with van der Waals surface area (Å²) in [7, 11) is 0. The number of rotatable bonds is 20. The minimum Gasteiger partial charge on any atom is -0.489 e. The Bertz CT molecular complexity index is 1340. The van der Waals surface area contributed by atoms with Gasteiger partial charge in [-0.15, -0.1) is 13.2 Å². The number of hydrogen-bond donors (Lipinski definition) is 3. The second-order valence-corrected chi connectivity index (χ2v) is 10.9. The molecule has 0 bridgehead atoms. The summed E-state index contributed by atoms with van der Waals surface area (Å²) in [5.74, 6) is -1.01. The number of carbonyl (C=O) groups is 3. The SMILES string of the molecule is C=CCCC(=O)OC[C@H](Cc1ccccc1)NC(=O)[C@H](CC=C)CC(=O)N[C@H](CO)Cc1ccc(OCc2ccccc2)cc1. The Balaban J connectivity index is 1.55. The van der Waals surface area contributed by atoms with Crippen molar-refractivity contribution in [1.82, 2.24) is 10.6 Å². The number of nitrogens with one attached hydrogen (secondary N) is 2. The average Bonchev–Trinajstić information content (AvgIpc) is 3.06. The van der Waals surface area contributed by atoms with Crippen molar-refractivity contribution >= 4 is 17.8 Å². The lowest BCUT2D eigenvalue weighted by Crippen LogP contribution is -2.45. The zero-order valence-corrected chi connectivity index (χ0v) is 25.7. The highest BCUT2D eigenvalue weighted by molar-refractivity contribution is 5.86. The van der Waals surface area contributed by atoms with Gasteiger partial charge in [-0.2, -0.15) is 0 Å². The summed E-state index contributed by atoms with van der Waals surface area (Å²) in [5, 5.41) is 15.8. The zero-order valence-electron chi connectivity index (χ0n) is 25.7. The van der Waals surface area contributed by atoms with E-state index >= 15 is 0 Å². The Morgan fingerprint density at radius 3 is 2.02 bits per heavy atom. The number of allylic oxidation sites excluding steroid dienone is 2. The molecule has 0 radical (unpaired) electrons. The maximum atomic E-state index is 13.4. The average molecular weight is 613 g/mol. The summed E-state index contributed by atoms with van der Waals surface area (Å²) in [5.41, 5.74) is 2.97. The highest BCUT2D eigenvalue weighted by atomic mass is 16.5. The number of aliphatic hydroxyl groups excluding tert-OH is 1. The van der Waals surface area contributed by atoms with Crippen LogP contribution in [0.2, 0.25) is 0 Å². The maximum absolute atomic E-state index is 13.4. The van der Waals surface area contributed by atoms with Gasteiger partial charge < -0.3 is 25.2 Å². The van der Waals surface area contributed by atoms with E-state index in [1.807, 2.05) is 84.9 Å². The molecule has 0 aromatic heterocycles. The molecule has 0 saturated heterocycles. The van der Waals surface area contributed by atoms with Crippen LogP contribution in [0.25, 0.3) is 0 Å². The Hall–Kier alpha value is -4.69. The van der Waals surface area contributed by atoms with Crippen LogP contribution in [0.15, 0.2) is 110 Å². The molecule has 0 saturated carbocycles. The largest absolute Gasteiger partial charge is 0.489 e. The van der Waals surface area contributed by atoms with Gasteiger partial charge in [-0.3, -0.25) is 14.4 Å². The summed E-state index contributed by atoms with van der Waals surface area (Å²) in [6.45, 7) is 7.59. The van der Waals surface area contributed by atoms with Gasteiger partial charge in [0.2, 0.25) is 11.8 Å². The number of carbonyl (C=O) groups excluding carboxylic acids is 3. The van der Waals surface area contributed by atoms with Crippen molar-refractivity contribution in [3.8, 4) is 5.75 Å². The zero-order chi connectivity index (χ0) is 32.3. The van der Waals surface area contributed by atoms with Gasteiger partial charge in [0, 0.05) is 12.8 Å². The lowest BCUT2D eigenvalue weighted by Gasteiger charge is -2.23. The summed E-state index contributed by atoms with van der Waals surface area (Å²) in [6.07, 6.45) is 5.04. The molecular formula is C37H44N2O6. The van der Waals surface area contributed by atoms with Gasteiger partial charge in [0.1, 0.15) is 19.0 Å². The topological polar surface area (TPSA) is 114 Å². The number of amides is 2. The molecule has 238 valence electrons. The van der Waals surface area contributed by atoms with Crippen LogP contribution < -0.4 is 15.4 Å². The van der Waals surface area contributed by atoms with E-state index in [9.17, 15) is 19.5 Å². The summed E-state index contributed by atoms with van der Waals surface area (Å²) in [4.78, 5) is 38.5. The third-order valence-electron chi connectivity index (χ3n) is 7.16. The molecule has 0 aliphatic carbocycles. The first-order valence-corrected chi connectivity index (χ1v) is 15.3. The van der Waals surface area contributed by atoms with E-state index in [1.54, 1.807) is 12.2 Å². The van der Waals surface area contributed by atoms with Gasteiger partial charge in [-0.25, -0.2) is 0 Å². The number of benzene rings is 3. The second-order valence-electron chi connectivity index (χ2n) is 10.9. The number of hydrogen-bond acceptors (Lipinski definition) is 6. The molecule has 8 nitrogen and oxygen atoms in total. The Morgan fingerprint density at radius 1 is 0.778 bits per heavy atom. The fourth-order valence-electron chi connectivity index (χ4n) is 4.76. The Labute approximate surface area is 266 Å². The van der Waals surface area contributed by atoms with Crippen LogP contribution in [-0.4, -0.2) is 48.2 Å². The van der Waals surface area contributed by atoms with E-state index in [0.29, 0.717) is 25.9 Å². The van der Waals surface area contributed by atoms with Crippen LogP contribution in [0.5, 0.6) is 5.75 Å². The fourth-order valence-corrected chi connectivity index (χ4v) is 4.76. The lowest BCUT2D eigenvalue weighted by atomic mass is 9.98. The molecule has 0 unspecified atom stereocenters. The Morgan fingerprint density at radius 2 is 1.40 bits per heavy atom. The third kappa shape index (κ3) is 13.2. The quantitative estimate of drug-likeness (QED) is 0.121. The summed E-state index contributed by atoms with van der Waals surface area (Å²) in [6, 6.07) is 26.0. The molecule has 0 heterocycles. The van der Waals surface area contributed by atoms with Crippen molar-refractivity contribution in [2.24, 2.45) is 5.92 Å². The first-order chi connectivity index (χ1) is 21.9. The minimum absolute atomic E-state index is 0.00624. The predicted molar refractivity (Wildman–Crippen MR) is 175 cm³/mol. The molecular weight excluding hydrogens is 568 g/mol. The van der Waals surface area contributed by atoms with Crippen molar-refractivity contribution in [2.45, 2.75) is 57.2 Å². The second kappa shape index (κ2) is 19.6. The minimum atomic E-state index is -0.683. The number of esters is 1. The van der Waals surface area contributed by atoms with Gasteiger partial charge >= 0.3 is 5.97 Å². The van der Waals surface area contributed by atoms with E-state index < -0.39 is 18.0 Å². The molecule has 0 aliphatic heterocycles. The van der Waals surface area contributed by atoms with Crippen molar-refractivity contribution in [2.75, 3.05) is 13.2 Å². The maximum Gasteiger partial charge on any atom is 0.306 e. The van der Waals surface area contributed by atoms with Gasteiger partial charge in [-0.1, -0.05) is 84.9 Å². The third-order valence-corrected chi connectivity index (χ3v) is 7.16. The highest BCUT2D eigenvalue weighted by Crippen LogP contribution is 2.16. The van der Waals surface area contributed by atoms with Crippen LogP contribution in [0.4, 0.5) is 0 Å². The normalized spacial score (nSPS) is 12.6. The van der Waals surface area contributed by atoms with Gasteiger partial charge in [0.25, 0.3) is 0 Å². The molecule has 3 aromatic carbocycles. The van der Waals surface area contributed by atoms with E-state index in [1.165, 1.54) is 0 Å². The summed E-state index contributed by atoms with van der Waals surface area (Å²) < 4.78 is 11.3. The van der Waals surface area contributed by atoms with Crippen LogP contribution >= 0.6 is 0 Å². The predicted octanol–water partition coefficient (Wildman–Crippen LogP) is 5.10. The monoisotopic (exact) mass is 612 g/mol. The molecule has 0 aliphatic rings. The van der Waals surface area contributed by atoms with Gasteiger partial charge in [0.05, 0.1) is 24.6 Å². The highest BCUT2D eigenvalue weighted by Gasteiger charge is 2.25. The molecule has 45 heavy (non-hydrogen) atoms. The summed E-state index contributed by atoms with van der Waals surface area (Å²) >= 11 is 0. The van der Waals surface area contributed by atoms with E-state index in [2.05, 4.69) is 23.8 Å².